The first-order chi connectivity index (χ1) is 12.3. The van der Waals surface area contributed by atoms with Gasteiger partial charge in [0.25, 0.3) is 0 Å². The fourth-order valence-electron chi connectivity index (χ4n) is 3.47. The molecule has 1 heterocycles. The van der Waals surface area contributed by atoms with Gasteiger partial charge in [0.05, 0.1) is 4.91 Å². The molecule has 0 bridgehead atoms. The molecule has 0 unspecified atom stereocenters. The molecule has 0 aromatic heterocycles. The van der Waals surface area contributed by atoms with Crippen LogP contribution in [0.1, 0.15) is 15.9 Å². The molecule has 1 nitrogen and oxygen atoms in total. The maximum Gasteiger partial charge on any atom is 0.200 e. The lowest BCUT2D eigenvalue weighted by molar-refractivity contribution is 0.104. The molecule has 118 valence electrons. The summed E-state index contributed by atoms with van der Waals surface area (Å²) in [6, 6.07) is 26.8. The lowest BCUT2D eigenvalue weighted by atomic mass is 9.96. The Morgan fingerprint density at radius 2 is 1.32 bits per heavy atom. The molecular formula is C23H14OS. The summed E-state index contributed by atoms with van der Waals surface area (Å²) in [4.78, 5) is 14.6. The van der Waals surface area contributed by atoms with E-state index in [-0.39, 0.29) is 5.78 Å². The third kappa shape index (κ3) is 2.30. The predicted octanol–water partition coefficient (Wildman–Crippen LogP) is 6.32. The van der Waals surface area contributed by atoms with Gasteiger partial charge >= 0.3 is 0 Å². The lowest BCUT2D eigenvalue weighted by Crippen LogP contribution is -1.94. The number of rotatable bonds is 1. The number of Topliss-reactive ketones (excluding diaryl/α,β-unsaturated/α-hetero) is 1. The van der Waals surface area contributed by atoms with Crippen molar-refractivity contribution < 1.29 is 4.79 Å². The van der Waals surface area contributed by atoms with Gasteiger partial charge in [0.1, 0.15) is 0 Å². The molecule has 2 heteroatoms. The molecular weight excluding hydrogens is 324 g/mol. The molecule has 0 fully saturated rings. The molecule has 0 atom stereocenters. The Morgan fingerprint density at radius 3 is 2.00 bits per heavy atom. The van der Waals surface area contributed by atoms with Gasteiger partial charge < -0.3 is 0 Å². The van der Waals surface area contributed by atoms with E-state index in [1.165, 1.54) is 21.5 Å². The van der Waals surface area contributed by atoms with Gasteiger partial charge in [-0.25, -0.2) is 0 Å². The second-order valence-electron chi connectivity index (χ2n) is 6.17. The third-order valence-electron chi connectivity index (χ3n) is 4.66. The molecule has 0 amide bonds. The summed E-state index contributed by atoms with van der Waals surface area (Å²) in [5.41, 5.74) is 1.93. The van der Waals surface area contributed by atoms with E-state index < -0.39 is 0 Å². The van der Waals surface area contributed by atoms with Crippen molar-refractivity contribution in [3.05, 3.63) is 94.9 Å². The summed E-state index contributed by atoms with van der Waals surface area (Å²) >= 11 is 1.57. The van der Waals surface area contributed by atoms with Crippen molar-refractivity contribution in [1.82, 2.24) is 0 Å². The van der Waals surface area contributed by atoms with Crippen LogP contribution in [0.15, 0.2) is 88.7 Å². The van der Waals surface area contributed by atoms with E-state index in [4.69, 9.17) is 0 Å². The van der Waals surface area contributed by atoms with E-state index in [1.807, 2.05) is 24.3 Å². The van der Waals surface area contributed by atoms with E-state index in [1.54, 1.807) is 11.8 Å². The summed E-state index contributed by atoms with van der Waals surface area (Å²) in [5, 5.41) is 4.75. The minimum atomic E-state index is 0.123. The van der Waals surface area contributed by atoms with Crippen LogP contribution in [0.5, 0.6) is 0 Å². The quantitative estimate of drug-likeness (QED) is 0.298. The minimum absolute atomic E-state index is 0.123. The lowest BCUT2D eigenvalue weighted by Gasteiger charge is -2.09. The first kappa shape index (κ1) is 14.5. The Kier molecular flexibility index (Phi) is 3.25. The standard InChI is InChI=1S/C23H14OS/c24-23-19-11-5-6-12-21(19)25-22(23)14-20-17-9-3-1-7-15(17)13-16-8-2-4-10-18(16)20/h1-14H/b22-14+. The van der Waals surface area contributed by atoms with Gasteiger partial charge in [-0.2, -0.15) is 0 Å². The van der Waals surface area contributed by atoms with Crippen molar-refractivity contribution >= 4 is 45.2 Å². The van der Waals surface area contributed by atoms with Crippen molar-refractivity contribution in [2.75, 3.05) is 0 Å². The zero-order chi connectivity index (χ0) is 16.8. The molecule has 0 spiro atoms. The van der Waals surface area contributed by atoms with Gasteiger partial charge in [0.15, 0.2) is 0 Å². The zero-order valence-electron chi connectivity index (χ0n) is 13.4. The number of thioether (sulfide) groups is 1. The van der Waals surface area contributed by atoms with Crippen molar-refractivity contribution in [2.24, 2.45) is 0 Å². The van der Waals surface area contributed by atoms with Crippen LogP contribution in [0, 0.1) is 0 Å². The predicted molar refractivity (Wildman–Crippen MR) is 106 cm³/mol. The Labute approximate surface area is 150 Å². The maximum absolute atomic E-state index is 12.8. The van der Waals surface area contributed by atoms with Crippen molar-refractivity contribution in [1.29, 1.82) is 0 Å². The van der Waals surface area contributed by atoms with Crippen molar-refractivity contribution in [3.63, 3.8) is 0 Å². The van der Waals surface area contributed by atoms with Gasteiger partial charge in [0.2, 0.25) is 5.78 Å². The fraction of sp³-hybridized carbons (Fsp3) is 0. The summed E-state index contributed by atoms with van der Waals surface area (Å²) in [7, 11) is 0. The summed E-state index contributed by atoms with van der Waals surface area (Å²) in [6.07, 6.45) is 2.07. The maximum atomic E-state index is 12.8. The summed E-state index contributed by atoms with van der Waals surface area (Å²) in [6.45, 7) is 0. The molecule has 0 N–H and O–H groups in total. The summed E-state index contributed by atoms with van der Waals surface area (Å²) < 4.78 is 0. The highest BCUT2D eigenvalue weighted by atomic mass is 32.2. The van der Waals surface area contributed by atoms with Crippen LogP contribution in [0.4, 0.5) is 0 Å². The topological polar surface area (TPSA) is 17.1 Å². The highest BCUT2D eigenvalue weighted by molar-refractivity contribution is 8.04. The number of hydrogen-bond donors (Lipinski definition) is 0. The van der Waals surface area contributed by atoms with Crippen LogP contribution in [0.2, 0.25) is 0 Å². The number of fused-ring (bicyclic) bond motifs is 3. The van der Waals surface area contributed by atoms with Crippen LogP contribution in [-0.2, 0) is 0 Å². The molecule has 1 aliphatic heterocycles. The van der Waals surface area contributed by atoms with Gasteiger partial charge in [-0.1, -0.05) is 72.4 Å². The molecule has 0 saturated heterocycles. The molecule has 5 rings (SSSR count). The highest BCUT2D eigenvalue weighted by Crippen LogP contribution is 2.42. The second-order valence-corrected chi connectivity index (χ2v) is 7.25. The van der Waals surface area contributed by atoms with Crippen molar-refractivity contribution in [2.45, 2.75) is 4.90 Å². The number of benzene rings is 4. The first-order valence-corrected chi connectivity index (χ1v) is 9.07. The number of allylic oxidation sites excluding steroid dienone is 1. The average molecular weight is 338 g/mol. The van der Waals surface area contributed by atoms with Crippen molar-refractivity contribution in [3.8, 4) is 0 Å². The molecule has 4 aromatic rings. The molecule has 25 heavy (non-hydrogen) atoms. The highest BCUT2D eigenvalue weighted by Gasteiger charge is 2.25. The molecule has 0 saturated carbocycles. The Balaban J connectivity index is 1.79. The van der Waals surface area contributed by atoms with Gasteiger partial charge in [-0.3, -0.25) is 4.79 Å². The Hall–Kier alpha value is -2.84. The van der Waals surface area contributed by atoms with E-state index in [9.17, 15) is 4.79 Å². The molecule has 0 radical (unpaired) electrons. The fourth-order valence-corrected chi connectivity index (χ4v) is 4.50. The Morgan fingerprint density at radius 1 is 0.720 bits per heavy atom. The minimum Gasteiger partial charge on any atom is -0.288 e. The number of hydrogen-bond acceptors (Lipinski definition) is 2. The third-order valence-corrected chi connectivity index (χ3v) is 5.76. The second kappa shape index (κ2) is 5.61. The van der Waals surface area contributed by atoms with E-state index in [2.05, 4.69) is 60.7 Å². The molecule has 4 aromatic carbocycles. The van der Waals surface area contributed by atoms with Gasteiger partial charge in [0, 0.05) is 10.5 Å². The monoisotopic (exact) mass is 338 g/mol. The van der Waals surface area contributed by atoms with Crippen LogP contribution >= 0.6 is 11.8 Å². The Bertz CT molecular complexity index is 1130. The van der Waals surface area contributed by atoms with Crippen LogP contribution in [0.25, 0.3) is 27.6 Å². The summed E-state index contributed by atoms with van der Waals surface area (Å²) in [5.74, 6) is 0.123. The van der Waals surface area contributed by atoms with Crippen LogP contribution < -0.4 is 0 Å². The molecule has 1 aliphatic rings. The smallest absolute Gasteiger partial charge is 0.200 e. The number of carbonyl (C=O) groups is 1. The average Bonchev–Trinajstić information content (AvgIpc) is 2.97. The van der Waals surface area contributed by atoms with E-state index in [0.717, 1.165) is 20.9 Å². The normalized spacial score (nSPS) is 15.2. The van der Waals surface area contributed by atoms with Gasteiger partial charge in [-0.15, -0.1) is 0 Å². The zero-order valence-corrected chi connectivity index (χ0v) is 14.2. The van der Waals surface area contributed by atoms with Crippen LogP contribution in [-0.4, -0.2) is 5.78 Å². The SMILES string of the molecule is O=C1/C(=C\c2c3ccccc3cc3ccccc23)Sc2ccccc21. The largest absolute Gasteiger partial charge is 0.288 e. The van der Waals surface area contributed by atoms with Crippen LogP contribution in [0.3, 0.4) is 0 Å². The first-order valence-electron chi connectivity index (χ1n) is 8.25. The number of carbonyl (C=O) groups excluding carboxylic acids is 1. The number of ketones is 1. The van der Waals surface area contributed by atoms with E-state index >= 15 is 0 Å². The molecule has 0 aliphatic carbocycles. The van der Waals surface area contributed by atoms with E-state index in [0.29, 0.717) is 0 Å². The van der Waals surface area contributed by atoms with Gasteiger partial charge in [-0.05, 0) is 51.4 Å².